The van der Waals surface area contributed by atoms with Gasteiger partial charge in [0.2, 0.25) is 5.91 Å². The van der Waals surface area contributed by atoms with Gasteiger partial charge in [-0.1, -0.05) is 19.8 Å². The molecule has 1 aliphatic carbocycles. The van der Waals surface area contributed by atoms with Gasteiger partial charge >= 0.3 is 0 Å². The number of amides is 2. The van der Waals surface area contributed by atoms with E-state index >= 15 is 0 Å². The van der Waals surface area contributed by atoms with Crippen molar-refractivity contribution in [1.82, 2.24) is 10.7 Å². The fourth-order valence-electron chi connectivity index (χ4n) is 2.91. The molecule has 0 spiro atoms. The molecule has 6 heteroatoms. The minimum atomic E-state index is -0.529. The molecule has 106 valence electrons. The van der Waals surface area contributed by atoms with E-state index in [0.29, 0.717) is 18.1 Å². The van der Waals surface area contributed by atoms with Crippen molar-refractivity contribution >= 4 is 17.5 Å². The van der Waals surface area contributed by atoms with E-state index < -0.39 is 5.54 Å². The fourth-order valence-corrected chi connectivity index (χ4v) is 2.91. The maximum atomic E-state index is 12.1. The molecule has 2 rings (SSSR count). The van der Waals surface area contributed by atoms with Crippen molar-refractivity contribution in [3.05, 3.63) is 0 Å². The summed E-state index contributed by atoms with van der Waals surface area (Å²) in [6, 6.07) is 0. The molecule has 2 atom stereocenters. The molecule has 3 N–H and O–H groups in total. The van der Waals surface area contributed by atoms with Gasteiger partial charge in [0, 0.05) is 12.8 Å². The van der Waals surface area contributed by atoms with Crippen molar-refractivity contribution in [2.24, 2.45) is 11.0 Å². The molecular formula is C13H21N3O3. The van der Waals surface area contributed by atoms with Gasteiger partial charge < -0.3 is 10.4 Å². The number of rotatable bonds is 3. The van der Waals surface area contributed by atoms with Crippen LogP contribution in [0.2, 0.25) is 0 Å². The highest BCUT2D eigenvalue weighted by Crippen LogP contribution is 2.32. The van der Waals surface area contributed by atoms with Gasteiger partial charge in [-0.25, -0.2) is 5.43 Å². The van der Waals surface area contributed by atoms with Crippen molar-refractivity contribution in [3.8, 4) is 0 Å². The van der Waals surface area contributed by atoms with Gasteiger partial charge in [0.1, 0.15) is 5.71 Å². The van der Waals surface area contributed by atoms with Crippen molar-refractivity contribution in [3.63, 3.8) is 0 Å². The number of aliphatic hydroxyl groups excluding tert-OH is 1. The SMILES string of the molecule is CC1CCCC(CO)(NC(=O)C2=NNC(=O)CC2)C1. The molecule has 19 heavy (non-hydrogen) atoms. The smallest absolute Gasteiger partial charge is 0.268 e. The molecule has 0 radical (unpaired) electrons. The summed E-state index contributed by atoms with van der Waals surface area (Å²) in [6.45, 7) is 2.08. The Kier molecular flexibility index (Phi) is 4.19. The summed E-state index contributed by atoms with van der Waals surface area (Å²) >= 11 is 0. The zero-order valence-electron chi connectivity index (χ0n) is 11.2. The number of carbonyl (C=O) groups is 2. The predicted molar refractivity (Wildman–Crippen MR) is 70.4 cm³/mol. The van der Waals surface area contributed by atoms with Crippen LogP contribution in [0.5, 0.6) is 0 Å². The van der Waals surface area contributed by atoms with Crippen LogP contribution < -0.4 is 10.7 Å². The predicted octanol–water partition coefficient (Wildman–Crippen LogP) is 0.310. The molecule has 2 unspecified atom stereocenters. The molecule has 0 bridgehead atoms. The second kappa shape index (κ2) is 5.69. The van der Waals surface area contributed by atoms with E-state index in [0.717, 1.165) is 25.7 Å². The van der Waals surface area contributed by atoms with E-state index in [1.807, 2.05) is 0 Å². The van der Waals surface area contributed by atoms with E-state index in [1.54, 1.807) is 0 Å². The fraction of sp³-hybridized carbons (Fsp3) is 0.769. The quantitative estimate of drug-likeness (QED) is 0.687. The van der Waals surface area contributed by atoms with Gasteiger partial charge in [0.15, 0.2) is 0 Å². The van der Waals surface area contributed by atoms with Crippen LogP contribution in [0.1, 0.15) is 45.4 Å². The number of hydrogen-bond acceptors (Lipinski definition) is 4. The topological polar surface area (TPSA) is 90.8 Å². The molecule has 1 saturated carbocycles. The summed E-state index contributed by atoms with van der Waals surface area (Å²) < 4.78 is 0. The molecule has 1 aliphatic heterocycles. The summed E-state index contributed by atoms with van der Waals surface area (Å²) in [7, 11) is 0. The highest BCUT2D eigenvalue weighted by molar-refractivity contribution is 6.39. The Morgan fingerprint density at radius 2 is 2.37 bits per heavy atom. The van der Waals surface area contributed by atoms with E-state index in [9.17, 15) is 14.7 Å². The van der Waals surface area contributed by atoms with Gasteiger partial charge in [0.25, 0.3) is 5.91 Å². The molecular weight excluding hydrogens is 246 g/mol. The standard InChI is InChI=1S/C13H21N3O3/c1-9-3-2-6-13(7-9,8-17)14-12(19)10-4-5-11(18)16-15-10/h9,17H,2-8H2,1H3,(H,14,19)(H,16,18). The Bertz CT molecular complexity index is 408. The molecule has 0 aromatic rings. The largest absolute Gasteiger partial charge is 0.394 e. The lowest BCUT2D eigenvalue weighted by molar-refractivity contribution is -0.121. The van der Waals surface area contributed by atoms with Crippen LogP contribution in [0.25, 0.3) is 0 Å². The van der Waals surface area contributed by atoms with Crippen molar-refractivity contribution < 1.29 is 14.7 Å². The monoisotopic (exact) mass is 267 g/mol. The summed E-state index contributed by atoms with van der Waals surface area (Å²) in [4.78, 5) is 23.1. The average Bonchev–Trinajstić information content (AvgIpc) is 2.39. The third-order valence-electron chi connectivity index (χ3n) is 3.94. The first kappa shape index (κ1) is 14.0. The van der Waals surface area contributed by atoms with Crippen LogP contribution in [-0.2, 0) is 9.59 Å². The number of aliphatic hydroxyl groups is 1. The van der Waals surface area contributed by atoms with E-state index in [1.165, 1.54) is 0 Å². The lowest BCUT2D eigenvalue weighted by Gasteiger charge is -2.39. The number of nitrogens with zero attached hydrogens (tertiary/aromatic N) is 1. The lowest BCUT2D eigenvalue weighted by Crippen LogP contribution is -2.56. The second-order valence-corrected chi connectivity index (χ2v) is 5.69. The summed E-state index contributed by atoms with van der Waals surface area (Å²) in [6.07, 6.45) is 4.36. The van der Waals surface area contributed by atoms with Crippen LogP contribution in [0.3, 0.4) is 0 Å². The number of nitrogens with one attached hydrogen (secondary N) is 2. The molecule has 1 fully saturated rings. The molecule has 6 nitrogen and oxygen atoms in total. The zero-order chi connectivity index (χ0) is 13.9. The number of carbonyl (C=O) groups excluding carboxylic acids is 2. The Balaban J connectivity index is 2.02. The van der Waals surface area contributed by atoms with Crippen LogP contribution in [0, 0.1) is 5.92 Å². The van der Waals surface area contributed by atoms with E-state index in [2.05, 4.69) is 22.8 Å². The third-order valence-corrected chi connectivity index (χ3v) is 3.94. The molecule has 2 aliphatic rings. The van der Waals surface area contributed by atoms with Gasteiger partial charge in [-0.05, 0) is 18.8 Å². The minimum Gasteiger partial charge on any atom is -0.394 e. The molecule has 2 amide bonds. The van der Waals surface area contributed by atoms with Crippen molar-refractivity contribution in [2.45, 2.75) is 51.0 Å². The van der Waals surface area contributed by atoms with Crippen molar-refractivity contribution in [2.75, 3.05) is 6.61 Å². The van der Waals surface area contributed by atoms with Crippen molar-refractivity contribution in [1.29, 1.82) is 0 Å². The highest BCUT2D eigenvalue weighted by atomic mass is 16.3. The average molecular weight is 267 g/mol. The van der Waals surface area contributed by atoms with Gasteiger partial charge in [-0.3, -0.25) is 9.59 Å². The molecule has 0 saturated heterocycles. The van der Waals surface area contributed by atoms with Crippen LogP contribution in [-0.4, -0.2) is 34.8 Å². The van der Waals surface area contributed by atoms with E-state index in [-0.39, 0.29) is 24.8 Å². The second-order valence-electron chi connectivity index (χ2n) is 5.69. The minimum absolute atomic E-state index is 0.0529. The van der Waals surface area contributed by atoms with Crippen LogP contribution in [0.15, 0.2) is 5.10 Å². The van der Waals surface area contributed by atoms with E-state index in [4.69, 9.17) is 0 Å². The third kappa shape index (κ3) is 3.32. The molecule has 0 aromatic heterocycles. The maximum absolute atomic E-state index is 12.1. The first-order valence-corrected chi connectivity index (χ1v) is 6.83. The normalized spacial score (nSPS) is 31.4. The van der Waals surface area contributed by atoms with Gasteiger partial charge in [-0.15, -0.1) is 0 Å². The highest BCUT2D eigenvalue weighted by Gasteiger charge is 2.36. The van der Waals surface area contributed by atoms with Crippen LogP contribution in [0.4, 0.5) is 0 Å². The number of hydrogen-bond donors (Lipinski definition) is 3. The summed E-state index contributed by atoms with van der Waals surface area (Å²) in [5.41, 5.74) is 2.12. The Morgan fingerprint density at radius 1 is 1.58 bits per heavy atom. The van der Waals surface area contributed by atoms with Gasteiger partial charge in [0.05, 0.1) is 12.1 Å². The number of hydrazone groups is 1. The van der Waals surface area contributed by atoms with Crippen LogP contribution >= 0.6 is 0 Å². The first-order chi connectivity index (χ1) is 9.04. The zero-order valence-corrected chi connectivity index (χ0v) is 11.2. The Hall–Kier alpha value is -1.43. The summed E-state index contributed by atoms with van der Waals surface area (Å²) in [5.74, 6) is 0.0528. The maximum Gasteiger partial charge on any atom is 0.268 e. The van der Waals surface area contributed by atoms with Gasteiger partial charge in [-0.2, -0.15) is 5.10 Å². The Morgan fingerprint density at radius 3 is 2.95 bits per heavy atom. The summed E-state index contributed by atoms with van der Waals surface area (Å²) in [5, 5.41) is 16.3. The Labute approximate surface area is 112 Å². The lowest BCUT2D eigenvalue weighted by atomic mass is 9.76. The molecule has 0 aromatic carbocycles. The molecule has 1 heterocycles. The first-order valence-electron chi connectivity index (χ1n) is 6.83.